The van der Waals surface area contributed by atoms with Crippen LogP contribution in [0.2, 0.25) is 0 Å². The molecule has 1 aromatic carbocycles. The number of nitro benzene ring substituents is 1. The van der Waals surface area contributed by atoms with Gasteiger partial charge in [0.2, 0.25) is 0 Å². The molecule has 0 spiro atoms. The van der Waals surface area contributed by atoms with E-state index in [1.807, 2.05) is 0 Å². The molecule has 0 aromatic heterocycles. The van der Waals surface area contributed by atoms with Gasteiger partial charge in [0, 0.05) is 24.8 Å². The van der Waals surface area contributed by atoms with Crippen molar-refractivity contribution in [2.45, 2.75) is 6.04 Å². The zero-order valence-corrected chi connectivity index (χ0v) is 11.2. The molecule has 0 radical (unpaired) electrons. The molecular formula is C12H16N2O6. The highest BCUT2D eigenvalue weighted by atomic mass is 16.6. The van der Waals surface area contributed by atoms with Crippen molar-refractivity contribution in [3.8, 4) is 5.75 Å². The molecule has 0 aliphatic carbocycles. The van der Waals surface area contributed by atoms with Gasteiger partial charge in [-0.2, -0.15) is 0 Å². The lowest BCUT2D eigenvalue weighted by Crippen LogP contribution is -2.40. The highest BCUT2D eigenvalue weighted by molar-refractivity contribution is 5.95. The molecule has 0 heterocycles. The maximum atomic E-state index is 11.9. The van der Waals surface area contributed by atoms with E-state index in [-0.39, 0.29) is 30.2 Å². The number of hydrogen-bond acceptors (Lipinski definition) is 6. The third kappa shape index (κ3) is 3.90. The van der Waals surface area contributed by atoms with E-state index in [1.165, 1.54) is 32.4 Å². The van der Waals surface area contributed by atoms with Crippen LogP contribution in [0.5, 0.6) is 5.75 Å². The van der Waals surface area contributed by atoms with Gasteiger partial charge in [-0.25, -0.2) is 0 Å². The van der Waals surface area contributed by atoms with Crippen LogP contribution < -0.4 is 10.1 Å². The van der Waals surface area contributed by atoms with E-state index in [2.05, 4.69) is 5.32 Å². The van der Waals surface area contributed by atoms with Gasteiger partial charge in [-0.3, -0.25) is 14.9 Å². The Bertz CT molecular complexity index is 491. The van der Waals surface area contributed by atoms with Gasteiger partial charge in [-0.1, -0.05) is 0 Å². The molecule has 1 amide bonds. The fourth-order valence-corrected chi connectivity index (χ4v) is 1.58. The number of nitro groups is 1. The maximum absolute atomic E-state index is 11.9. The van der Waals surface area contributed by atoms with E-state index in [9.17, 15) is 14.9 Å². The summed E-state index contributed by atoms with van der Waals surface area (Å²) in [5.41, 5.74) is -0.0262. The van der Waals surface area contributed by atoms with Crippen LogP contribution in [0.1, 0.15) is 10.4 Å². The third-order valence-corrected chi connectivity index (χ3v) is 2.56. The van der Waals surface area contributed by atoms with Crippen molar-refractivity contribution < 1.29 is 24.3 Å². The highest BCUT2D eigenvalue weighted by Gasteiger charge is 2.19. The number of aliphatic hydroxyl groups is 1. The van der Waals surface area contributed by atoms with E-state index in [0.29, 0.717) is 0 Å². The van der Waals surface area contributed by atoms with Crippen molar-refractivity contribution in [3.63, 3.8) is 0 Å². The summed E-state index contributed by atoms with van der Waals surface area (Å²) in [6.07, 6.45) is 0. The first kappa shape index (κ1) is 15.9. The van der Waals surface area contributed by atoms with Crippen molar-refractivity contribution in [2.75, 3.05) is 27.4 Å². The van der Waals surface area contributed by atoms with Crippen LogP contribution in [0.25, 0.3) is 0 Å². The number of amides is 1. The van der Waals surface area contributed by atoms with E-state index < -0.39 is 16.9 Å². The van der Waals surface area contributed by atoms with Crippen LogP contribution in [0.3, 0.4) is 0 Å². The smallest absolute Gasteiger partial charge is 0.310 e. The molecule has 1 rings (SSSR count). The quantitative estimate of drug-likeness (QED) is 0.551. The largest absolute Gasteiger partial charge is 0.490 e. The molecule has 8 heteroatoms. The SMILES string of the molecule is COCC(CO)NC(=O)c1ccc([N+](=O)[O-])c(OC)c1. The molecule has 0 fully saturated rings. The molecular weight excluding hydrogens is 268 g/mol. The Morgan fingerprint density at radius 2 is 2.20 bits per heavy atom. The van der Waals surface area contributed by atoms with Crippen molar-refractivity contribution >= 4 is 11.6 Å². The molecule has 2 N–H and O–H groups in total. The lowest BCUT2D eigenvalue weighted by Gasteiger charge is -2.15. The number of rotatable bonds is 7. The van der Waals surface area contributed by atoms with Gasteiger partial charge in [-0.05, 0) is 6.07 Å². The topological polar surface area (TPSA) is 111 Å². The summed E-state index contributed by atoms with van der Waals surface area (Å²) in [4.78, 5) is 22.1. The number of methoxy groups -OCH3 is 2. The van der Waals surface area contributed by atoms with E-state index in [1.54, 1.807) is 0 Å². The number of carbonyl (C=O) groups is 1. The van der Waals surface area contributed by atoms with Gasteiger partial charge >= 0.3 is 5.69 Å². The summed E-state index contributed by atoms with van der Waals surface area (Å²) in [5.74, 6) is -0.482. The summed E-state index contributed by atoms with van der Waals surface area (Å²) >= 11 is 0. The second-order valence-corrected chi connectivity index (χ2v) is 3.95. The van der Waals surface area contributed by atoms with Gasteiger partial charge in [0.05, 0.1) is 31.3 Å². The average Bonchev–Trinajstić information content (AvgIpc) is 2.45. The number of hydrogen-bond donors (Lipinski definition) is 2. The predicted molar refractivity (Wildman–Crippen MR) is 69.9 cm³/mol. The fourth-order valence-electron chi connectivity index (χ4n) is 1.58. The van der Waals surface area contributed by atoms with Crippen LogP contribution in [0, 0.1) is 10.1 Å². The molecule has 0 aliphatic heterocycles. The van der Waals surface area contributed by atoms with E-state index >= 15 is 0 Å². The number of ether oxygens (including phenoxy) is 2. The zero-order valence-electron chi connectivity index (χ0n) is 11.2. The first-order valence-electron chi connectivity index (χ1n) is 5.76. The Morgan fingerprint density at radius 1 is 1.50 bits per heavy atom. The minimum absolute atomic E-state index is 0.00469. The Hall–Kier alpha value is -2.19. The minimum Gasteiger partial charge on any atom is -0.490 e. The molecule has 1 unspecified atom stereocenters. The normalized spacial score (nSPS) is 11.8. The first-order valence-corrected chi connectivity index (χ1v) is 5.76. The molecule has 20 heavy (non-hydrogen) atoms. The zero-order chi connectivity index (χ0) is 15.1. The lowest BCUT2D eigenvalue weighted by molar-refractivity contribution is -0.385. The van der Waals surface area contributed by atoms with Gasteiger partial charge in [-0.15, -0.1) is 0 Å². The number of benzene rings is 1. The van der Waals surface area contributed by atoms with Crippen LogP contribution >= 0.6 is 0 Å². The summed E-state index contributed by atoms with van der Waals surface area (Å²) in [6.45, 7) is -0.115. The predicted octanol–water partition coefficient (Wildman–Crippen LogP) is 0.340. The Kier molecular flexibility index (Phi) is 5.88. The van der Waals surface area contributed by atoms with Crippen LogP contribution in [0.15, 0.2) is 18.2 Å². The van der Waals surface area contributed by atoms with Crippen molar-refractivity contribution in [2.24, 2.45) is 0 Å². The number of aliphatic hydroxyl groups excluding tert-OH is 1. The molecule has 110 valence electrons. The van der Waals surface area contributed by atoms with Crippen LogP contribution in [0.4, 0.5) is 5.69 Å². The summed E-state index contributed by atoms with van der Waals surface area (Å²) in [6, 6.07) is 3.23. The Morgan fingerprint density at radius 3 is 2.70 bits per heavy atom. The summed E-state index contributed by atoms with van der Waals surface area (Å²) in [7, 11) is 2.73. The molecule has 0 saturated carbocycles. The maximum Gasteiger partial charge on any atom is 0.310 e. The van der Waals surface area contributed by atoms with E-state index in [0.717, 1.165) is 0 Å². The molecule has 1 atom stereocenters. The minimum atomic E-state index is -0.595. The third-order valence-electron chi connectivity index (χ3n) is 2.56. The fraction of sp³-hybridized carbons (Fsp3) is 0.417. The molecule has 0 aliphatic rings. The van der Waals surface area contributed by atoms with Crippen molar-refractivity contribution in [1.29, 1.82) is 0 Å². The summed E-state index contributed by atoms with van der Waals surface area (Å²) in [5, 5.41) is 22.4. The highest BCUT2D eigenvalue weighted by Crippen LogP contribution is 2.27. The summed E-state index contributed by atoms with van der Waals surface area (Å²) < 4.78 is 9.72. The number of nitrogens with zero attached hydrogens (tertiary/aromatic N) is 1. The standard InChI is InChI=1S/C12H16N2O6/c1-19-7-9(6-15)13-12(16)8-3-4-10(14(17)18)11(5-8)20-2/h3-5,9,15H,6-7H2,1-2H3,(H,13,16). The van der Waals surface area contributed by atoms with Gasteiger partial charge in [0.25, 0.3) is 5.91 Å². The molecule has 0 saturated heterocycles. The van der Waals surface area contributed by atoms with Gasteiger partial charge in [0.1, 0.15) is 0 Å². The molecule has 8 nitrogen and oxygen atoms in total. The van der Waals surface area contributed by atoms with Crippen molar-refractivity contribution in [3.05, 3.63) is 33.9 Å². The van der Waals surface area contributed by atoms with E-state index in [4.69, 9.17) is 14.6 Å². The van der Waals surface area contributed by atoms with Gasteiger partial charge < -0.3 is 19.9 Å². The van der Waals surface area contributed by atoms with Crippen LogP contribution in [-0.2, 0) is 4.74 Å². The Labute approximate surface area is 115 Å². The second-order valence-electron chi connectivity index (χ2n) is 3.95. The second kappa shape index (κ2) is 7.41. The molecule has 1 aromatic rings. The Balaban J connectivity index is 2.91. The average molecular weight is 284 g/mol. The van der Waals surface area contributed by atoms with Crippen molar-refractivity contribution in [1.82, 2.24) is 5.32 Å². The van der Waals surface area contributed by atoms with Crippen LogP contribution in [-0.4, -0.2) is 49.4 Å². The molecule has 0 bridgehead atoms. The number of nitrogens with one attached hydrogen (secondary N) is 1. The number of carbonyl (C=O) groups excluding carboxylic acids is 1. The first-order chi connectivity index (χ1) is 9.53. The van der Waals surface area contributed by atoms with Gasteiger partial charge in [0.15, 0.2) is 5.75 Å². The monoisotopic (exact) mass is 284 g/mol. The lowest BCUT2D eigenvalue weighted by atomic mass is 10.1.